The van der Waals surface area contributed by atoms with Gasteiger partial charge in [0.05, 0.1) is 31.9 Å². The number of hydrogen-bond donors (Lipinski definition) is 5. The van der Waals surface area contributed by atoms with Crippen molar-refractivity contribution >= 4 is 49.6 Å². The number of hydrogen-bond acceptors (Lipinski definition) is 16. The summed E-state index contributed by atoms with van der Waals surface area (Å²) in [7, 11) is -9.98. The van der Waals surface area contributed by atoms with E-state index in [2.05, 4.69) is 29.9 Å². The topological polar surface area (TPSA) is 280 Å². The first-order chi connectivity index (χ1) is 21.3. The van der Waals surface area contributed by atoms with E-state index in [0.717, 1.165) is 0 Å². The van der Waals surface area contributed by atoms with Gasteiger partial charge in [-0.05, 0) is 13.3 Å². The number of halogens is 1. The predicted octanol–water partition coefficient (Wildman–Crippen LogP) is 0.314. The number of aliphatic hydroxyl groups excluding tert-OH is 1. The quantitative estimate of drug-likeness (QED) is 0.179. The van der Waals surface area contributed by atoms with E-state index in [4.69, 9.17) is 34.3 Å². The van der Waals surface area contributed by atoms with Crippen molar-refractivity contribution in [1.82, 2.24) is 39.0 Å². The van der Waals surface area contributed by atoms with Gasteiger partial charge in [0.2, 0.25) is 0 Å². The van der Waals surface area contributed by atoms with Crippen LogP contribution in [0.15, 0.2) is 19.0 Å². The number of ether oxygens (including phenoxy) is 1. The standard InChI is InChI=1S/C22H27FN10O10P2/c1-8-30-19(25)14-21(31-8)33(7-29-14)22-12(23)17-11(41-22)4-40-45(37,38)42-16-9(3-39-44(35,36)43-17)2-10(15(16)34)32-6-28-13-18(24)26-5-27-20(13)32/h5-7,9-12,15-17,22,34H,2-4H2,1H3,(H,35,36)(H,37,38)(H2,24,26,27)(H2,25,30,31)/t9-,10-,11-,12?,15?,16+,17+,22-/m1/s1. The summed E-state index contributed by atoms with van der Waals surface area (Å²) in [5.74, 6) is -0.555. The van der Waals surface area contributed by atoms with Crippen LogP contribution >= 0.6 is 15.6 Å². The summed E-state index contributed by atoms with van der Waals surface area (Å²) in [5, 5.41) is 11.2. The monoisotopic (exact) mass is 672 g/mol. The highest BCUT2D eigenvalue weighted by Gasteiger charge is 2.54. The van der Waals surface area contributed by atoms with Crippen molar-refractivity contribution in [3.63, 3.8) is 0 Å². The highest BCUT2D eigenvalue weighted by atomic mass is 31.2. The van der Waals surface area contributed by atoms with Crippen molar-refractivity contribution in [3.8, 4) is 0 Å². The number of phosphoric ester groups is 2. The van der Waals surface area contributed by atoms with Crippen LogP contribution < -0.4 is 11.5 Å². The molecule has 4 aromatic rings. The molecule has 6 heterocycles. The molecule has 3 fully saturated rings. The zero-order valence-corrected chi connectivity index (χ0v) is 25.0. The van der Waals surface area contributed by atoms with E-state index in [9.17, 15) is 24.0 Å². The molecule has 4 aromatic heterocycles. The van der Waals surface area contributed by atoms with Gasteiger partial charge in [-0.1, -0.05) is 0 Å². The van der Waals surface area contributed by atoms with E-state index in [1.54, 1.807) is 6.92 Å². The maximum Gasteiger partial charge on any atom is 0.472 e. The fourth-order valence-electron chi connectivity index (χ4n) is 5.93. The highest BCUT2D eigenvalue weighted by Crippen LogP contribution is 2.55. The fraction of sp³-hybridized carbons (Fsp3) is 0.545. The van der Waals surface area contributed by atoms with Crippen LogP contribution in [0.4, 0.5) is 16.0 Å². The molecule has 23 heteroatoms. The largest absolute Gasteiger partial charge is 0.472 e. The third-order valence-corrected chi connectivity index (χ3v) is 9.92. The van der Waals surface area contributed by atoms with Crippen molar-refractivity contribution in [2.24, 2.45) is 5.92 Å². The molecule has 20 nitrogen and oxygen atoms in total. The van der Waals surface area contributed by atoms with Crippen molar-refractivity contribution in [3.05, 3.63) is 24.8 Å². The smallest absolute Gasteiger partial charge is 0.388 e. The Bertz CT molecular complexity index is 1880. The van der Waals surface area contributed by atoms with E-state index in [1.165, 1.54) is 28.1 Å². The third-order valence-electron chi connectivity index (χ3n) is 7.95. The number of nitrogens with two attached hydrogens (primary N) is 2. The van der Waals surface area contributed by atoms with Crippen molar-refractivity contribution in [2.75, 3.05) is 24.7 Å². The Balaban J connectivity index is 1.17. The van der Waals surface area contributed by atoms with Crippen LogP contribution in [-0.4, -0.2) is 97.7 Å². The zero-order valence-electron chi connectivity index (χ0n) is 23.2. The first-order valence-electron chi connectivity index (χ1n) is 13.5. The second kappa shape index (κ2) is 10.9. The molecule has 10 atom stereocenters. The molecule has 3 aliphatic rings. The molecule has 4 unspecified atom stereocenters. The normalized spacial score (nSPS) is 37.7. The number of aryl methyl sites for hydroxylation is 1. The SMILES string of the molecule is Cc1nc(N)c2ncn([C@@H]3O[C@@H]4COP(=O)(O)O[C@@H]5C(O)[C@H](n6cnc7c(N)ncnc76)C[C@@H]5COP(=O)(O)O[C@@H]4C3F)c2n1. The average Bonchev–Trinajstić information content (AvgIpc) is 3.72. The Morgan fingerprint density at radius 2 is 1.58 bits per heavy atom. The van der Waals surface area contributed by atoms with Crippen molar-refractivity contribution in [2.45, 2.75) is 56.2 Å². The van der Waals surface area contributed by atoms with Gasteiger partial charge >= 0.3 is 15.6 Å². The van der Waals surface area contributed by atoms with Crippen LogP contribution in [0.5, 0.6) is 0 Å². The first-order valence-corrected chi connectivity index (χ1v) is 16.5. The maximum absolute atomic E-state index is 16.0. The van der Waals surface area contributed by atoms with Crippen LogP contribution in [0.2, 0.25) is 0 Å². The van der Waals surface area contributed by atoms with Gasteiger partial charge in [0.25, 0.3) is 0 Å². The number of aliphatic hydroxyl groups is 1. The minimum Gasteiger partial charge on any atom is -0.388 e. The number of alkyl halides is 1. The molecular formula is C22H27FN10O10P2. The molecule has 1 saturated carbocycles. The van der Waals surface area contributed by atoms with E-state index in [0.29, 0.717) is 0 Å². The van der Waals surface area contributed by atoms with Gasteiger partial charge in [-0.15, -0.1) is 0 Å². The van der Waals surface area contributed by atoms with Gasteiger partial charge < -0.3 is 35.7 Å². The molecule has 2 aliphatic heterocycles. The Labute approximate surface area is 251 Å². The lowest BCUT2D eigenvalue weighted by Gasteiger charge is -2.28. The summed E-state index contributed by atoms with van der Waals surface area (Å²) in [5.41, 5.74) is 12.6. The first kappa shape index (κ1) is 30.4. The van der Waals surface area contributed by atoms with Gasteiger partial charge in [-0.2, -0.15) is 0 Å². The molecule has 45 heavy (non-hydrogen) atoms. The highest BCUT2D eigenvalue weighted by molar-refractivity contribution is 7.47. The number of phosphoric acid groups is 2. The zero-order chi connectivity index (χ0) is 31.8. The third kappa shape index (κ3) is 5.38. The molecule has 0 radical (unpaired) electrons. The molecule has 0 aromatic carbocycles. The molecule has 2 saturated heterocycles. The molecule has 242 valence electrons. The Kier molecular flexibility index (Phi) is 7.40. The Morgan fingerprint density at radius 1 is 0.911 bits per heavy atom. The van der Waals surface area contributed by atoms with Crippen LogP contribution in [0.25, 0.3) is 22.3 Å². The molecule has 7 N–H and O–H groups in total. The maximum atomic E-state index is 16.0. The Hall–Kier alpha value is -3.23. The summed E-state index contributed by atoms with van der Waals surface area (Å²) in [6.07, 6.45) is -6.16. The molecule has 7 rings (SSSR count). The lowest BCUT2D eigenvalue weighted by atomic mass is 10.1. The average molecular weight is 672 g/mol. The molecule has 0 bridgehead atoms. The number of fused-ring (bicyclic) bond motifs is 4. The van der Waals surface area contributed by atoms with Gasteiger partial charge in [0.1, 0.15) is 47.6 Å². The minimum absolute atomic E-state index is 0.00227. The van der Waals surface area contributed by atoms with Gasteiger partial charge in [0.15, 0.2) is 35.3 Å². The minimum atomic E-state index is -5.01. The number of nitrogen functional groups attached to an aromatic ring is 2. The summed E-state index contributed by atoms with van der Waals surface area (Å²) in [6, 6.07) is -0.850. The van der Waals surface area contributed by atoms with Gasteiger partial charge in [0, 0.05) is 5.92 Å². The van der Waals surface area contributed by atoms with Gasteiger partial charge in [-0.3, -0.25) is 22.7 Å². The molecule has 0 spiro atoms. The summed E-state index contributed by atoms with van der Waals surface area (Å²) >= 11 is 0. The van der Waals surface area contributed by atoms with E-state index in [-0.39, 0.29) is 46.2 Å². The summed E-state index contributed by atoms with van der Waals surface area (Å²) < 4.78 is 71.7. The number of imidazole rings is 2. The number of nitrogens with zero attached hydrogens (tertiary/aromatic N) is 8. The molecule has 0 amide bonds. The van der Waals surface area contributed by atoms with Crippen LogP contribution in [-0.2, 0) is 32.0 Å². The molecular weight excluding hydrogens is 645 g/mol. The predicted molar refractivity (Wildman–Crippen MR) is 147 cm³/mol. The lowest BCUT2D eigenvalue weighted by molar-refractivity contribution is -0.0592. The van der Waals surface area contributed by atoms with E-state index in [1.807, 2.05) is 0 Å². The number of aromatic nitrogens is 8. The fourth-order valence-corrected chi connectivity index (χ4v) is 7.93. The van der Waals surface area contributed by atoms with Gasteiger partial charge in [-0.25, -0.2) is 43.4 Å². The summed E-state index contributed by atoms with van der Waals surface area (Å²) in [6.45, 7) is 0.140. The van der Waals surface area contributed by atoms with Crippen LogP contribution in [0.1, 0.15) is 24.5 Å². The van der Waals surface area contributed by atoms with E-state index >= 15 is 4.39 Å². The van der Waals surface area contributed by atoms with Crippen LogP contribution in [0.3, 0.4) is 0 Å². The van der Waals surface area contributed by atoms with Crippen molar-refractivity contribution < 1.29 is 51.2 Å². The number of rotatable bonds is 2. The van der Waals surface area contributed by atoms with Crippen molar-refractivity contribution in [1.29, 1.82) is 0 Å². The molecule has 1 aliphatic carbocycles. The van der Waals surface area contributed by atoms with E-state index < -0.39 is 77.6 Å². The van der Waals surface area contributed by atoms with Crippen LogP contribution in [0, 0.1) is 12.8 Å². The lowest BCUT2D eigenvalue weighted by Crippen LogP contribution is -2.36. The second-order valence-corrected chi connectivity index (χ2v) is 13.6. The summed E-state index contributed by atoms with van der Waals surface area (Å²) in [4.78, 5) is 45.8. The Morgan fingerprint density at radius 3 is 2.33 bits per heavy atom. The second-order valence-electron chi connectivity index (χ2n) is 10.8. The number of anilines is 2.